The minimum atomic E-state index is -4.23. The van der Waals surface area contributed by atoms with E-state index in [9.17, 15) is 4.57 Å². The summed E-state index contributed by atoms with van der Waals surface area (Å²) in [6.45, 7) is 1.90. The topological polar surface area (TPSA) is 66.8 Å². The van der Waals surface area contributed by atoms with E-state index in [4.69, 9.17) is 9.79 Å². The van der Waals surface area contributed by atoms with E-state index in [1.54, 1.807) is 0 Å². The van der Waals surface area contributed by atoms with E-state index in [1.807, 2.05) is 6.92 Å². The molecule has 0 heterocycles. The zero-order valence-corrected chi connectivity index (χ0v) is 6.69. The Bertz CT molecular complexity index is 110. The molecule has 9 heavy (non-hydrogen) atoms. The number of hydrogen-bond donors (Lipinski definition) is 2. The molecule has 0 aromatic carbocycles. The molecule has 0 atom stereocenters. The zero-order chi connectivity index (χ0) is 7.33. The first-order chi connectivity index (χ1) is 4.06. The SMILES string of the molecule is CCCSOP(=O)(O)O. The van der Waals surface area contributed by atoms with Gasteiger partial charge in [-0.25, -0.2) is 8.54 Å². The Morgan fingerprint density at radius 3 is 2.56 bits per heavy atom. The van der Waals surface area contributed by atoms with Crippen molar-refractivity contribution in [3.05, 3.63) is 0 Å². The fourth-order valence-electron chi connectivity index (χ4n) is 0.189. The molecule has 56 valence electrons. The van der Waals surface area contributed by atoms with Gasteiger partial charge in [0.2, 0.25) is 0 Å². The van der Waals surface area contributed by atoms with Crippen molar-refractivity contribution in [3.63, 3.8) is 0 Å². The highest BCUT2D eigenvalue weighted by Gasteiger charge is 2.13. The van der Waals surface area contributed by atoms with Gasteiger partial charge in [0.25, 0.3) is 0 Å². The van der Waals surface area contributed by atoms with Crippen molar-refractivity contribution in [2.75, 3.05) is 5.75 Å². The molecule has 0 aliphatic rings. The van der Waals surface area contributed by atoms with E-state index in [0.29, 0.717) is 5.75 Å². The molecule has 0 saturated carbocycles. The van der Waals surface area contributed by atoms with Gasteiger partial charge in [-0.2, -0.15) is 0 Å². The van der Waals surface area contributed by atoms with Crippen LogP contribution in [-0.4, -0.2) is 15.5 Å². The number of phosphoric acid groups is 1. The van der Waals surface area contributed by atoms with Crippen LogP contribution in [0.1, 0.15) is 13.3 Å². The molecule has 0 aromatic rings. The van der Waals surface area contributed by atoms with E-state index in [-0.39, 0.29) is 0 Å². The van der Waals surface area contributed by atoms with Gasteiger partial charge in [-0.15, -0.1) is 0 Å². The lowest BCUT2D eigenvalue weighted by atomic mass is 10.6. The third-order valence-electron chi connectivity index (χ3n) is 0.437. The Labute approximate surface area is 58.1 Å². The smallest absolute Gasteiger partial charge is 0.302 e. The predicted octanol–water partition coefficient (Wildman–Crippen LogP) is 1.15. The summed E-state index contributed by atoms with van der Waals surface area (Å²) < 4.78 is 14.0. The van der Waals surface area contributed by atoms with E-state index < -0.39 is 7.82 Å². The van der Waals surface area contributed by atoms with Crippen molar-refractivity contribution in [2.24, 2.45) is 0 Å². The predicted molar refractivity (Wildman–Crippen MR) is 35.9 cm³/mol. The van der Waals surface area contributed by atoms with E-state index in [1.165, 1.54) is 0 Å². The lowest BCUT2D eigenvalue weighted by Gasteiger charge is -2.00. The van der Waals surface area contributed by atoms with Gasteiger partial charge >= 0.3 is 7.82 Å². The van der Waals surface area contributed by atoms with Crippen molar-refractivity contribution < 1.29 is 18.3 Å². The highest BCUT2D eigenvalue weighted by Crippen LogP contribution is 2.40. The van der Waals surface area contributed by atoms with Crippen LogP contribution in [0.4, 0.5) is 0 Å². The molecule has 0 aliphatic heterocycles. The summed E-state index contributed by atoms with van der Waals surface area (Å²) in [5, 5.41) is 0. The average molecular weight is 172 g/mol. The normalized spacial score (nSPS) is 11.9. The summed E-state index contributed by atoms with van der Waals surface area (Å²) in [6.07, 6.45) is 0.838. The van der Waals surface area contributed by atoms with Crippen molar-refractivity contribution in [1.82, 2.24) is 0 Å². The Morgan fingerprint density at radius 1 is 1.67 bits per heavy atom. The molecule has 0 radical (unpaired) electrons. The summed E-state index contributed by atoms with van der Waals surface area (Å²) in [5.41, 5.74) is 0. The maximum Gasteiger partial charge on any atom is 0.480 e. The van der Waals surface area contributed by atoms with Crippen molar-refractivity contribution in [1.29, 1.82) is 0 Å². The Hall–Kier alpha value is 0.460. The fourth-order valence-corrected chi connectivity index (χ4v) is 1.20. The zero-order valence-electron chi connectivity index (χ0n) is 4.98. The minimum absolute atomic E-state index is 0.602. The fraction of sp³-hybridized carbons (Fsp3) is 1.00. The van der Waals surface area contributed by atoms with Gasteiger partial charge in [0.15, 0.2) is 0 Å². The summed E-state index contributed by atoms with van der Waals surface area (Å²) in [6, 6.07) is 0. The molecular formula is C3H9O4PS. The van der Waals surface area contributed by atoms with Gasteiger partial charge in [-0.1, -0.05) is 6.92 Å². The molecule has 0 aliphatic carbocycles. The molecule has 6 heteroatoms. The molecule has 0 spiro atoms. The van der Waals surface area contributed by atoms with Crippen molar-refractivity contribution in [3.8, 4) is 0 Å². The maximum absolute atomic E-state index is 9.96. The highest BCUT2D eigenvalue weighted by molar-refractivity contribution is 7.97. The summed E-state index contributed by atoms with van der Waals surface area (Å²) in [7, 11) is -4.23. The quantitative estimate of drug-likeness (QED) is 0.378. The van der Waals surface area contributed by atoms with Crippen LogP contribution in [0.15, 0.2) is 0 Å². The lowest BCUT2D eigenvalue weighted by Crippen LogP contribution is -1.79. The van der Waals surface area contributed by atoms with E-state index in [0.717, 1.165) is 18.5 Å². The highest BCUT2D eigenvalue weighted by atomic mass is 32.2. The second-order valence-electron chi connectivity index (χ2n) is 1.39. The summed E-state index contributed by atoms with van der Waals surface area (Å²) in [4.78, 5) is 16.2. The van der Waals surface area contributed by atoms with Gasteiger partial charge in [0.05, 0.1) is 0 Å². The Morgan fingerprint density at radius 2 is 2.22 bits per heavy atom. The minimum Gasteiger partial charge on any atom is -0.302 e. The van der Waals surface area contributed by atoms with Crippen LogP contribution < -0.4 is 0 Å². The van der Waals surface area contributed by atoms with Gasteiger partial charge < -0.3 is 9.79 Å². The molecule has 0 amide bonds. The standard InChI is InChI=1S/C3H9O4PS/c1-2-3-9-7-8(4,5)6/h2-3H2,1H3,(H2,4,5,6). The molecular weight excluding hydrogens is 163 g/mol. The van der Waals surface area contributed by atoms with Crippen LogP contribution >= 0.6 is 19.9 Å². The average Bonchev–Trinajstić information content (AvgIpc) is 1.63. The molecule has 0 bridgehead atoms. The molecule has 0 aromatic heterocycles. The van der Waals surface area contributed by atoms with Crippen LogP contribution in [0.25, 0.3) is 0 Å². The lowest BCUT2D eigenvalue weighted by molar-refractivity contribution is 0.298. The largest absolute Gasteiger partial charge is 0.480 e. The number of hydrogen-bond acceptors (Lipinski definition) is 3. The first kappa shape index (κ1) is 9.46. The van der Waals surface area contributed by atoms with E-state index >= 15 is 0 Å². The van der Waals surface area contributed by atoms with Crippen molar-refractivity contribution in [2.45, 2.75) is 13.3 Å². The molecule has 2 N–H and O–H groups in total. The van der Waals surface area contributed by atoms with Gasteiger partial charge in [0.1, 0.15) is 0 Å². The molecule has 0 fully saturated rings. The monoisotopic (exact) mass is 172 g/mol. The molecule has 0 saturated heterocycles. The van der Waals surface area contributed by atoms with Crippen molar-refractivity contribution >= 4 is 19.9 Å². The Balaban J connectivity index is 3.18. The Kier molecular flexibility index (Phi) is 4.52. The van der Waals surface area contributed by atoms with Crippen LogP contribution in [0.5, 0.6) is 0 Å². The third kappa shape index (κ3) is 8.46. The van der Waals surface area contributed by atoms with Crippen LogP contribution in [0.3, 0.4) is 0 Å². The van der Waals surface area contributed by atoms with Gasteiger partial charge in [-0.3, -0.25) is 0 Å². The van der Waals surface area contributed by atoms with Crippen LogP contribution in [0, 0.1) is 0 Å². The summed E-state index contributed by atoms with van der Waals surface area (Å²) in [5.74, 6) is 0.602. The maximum atomic E-state index is 9.96. The molecule has 0 rings (SSSR count). The van der Waals surface area contributed by atoms with E-state index in [2.05, 4.69) is 3.97 Å². The van der Waals surface area contributed by atoms with Gasteiger partial charge in [0, 0.05) is 17.8 Å². The van der Waals surface area contributed by atoms with Crippen LogP contribution in [-0.2, 0) is 8.54 Å². The number of rotatable bonds is 4. The first-order valence-corrected chi connectivity index (χ1v) is 4.87. The molecule has 4 nitrogen and oxygen atoms in total. The van der Waals surface area contributed by atoms with Gasteiger partial charge in [-0.05, 0) is 6.42 Å². The van der Waals surface area contributed by atoms with Crippen LogP contribution in [0.2, 0.25) is 0 Å². The second-order valence-corrected chi connectivity index (χ2v) is 3.61. The third-order valence-corrected chi connectivity index (χ3v) is 2.21. The first-order valence-electron chi connectivity index (χ1n) is 2.43. The second kappa shape index (κ2) is 4.30. The summed E-state index contributed by atoms with van der Waals surface area (Å²) >= 11 is 0.797. The molecule has 0 unspecified atom stereocenters.